The van der Waals surface area contributed by atoms with Gasteiger partial charge in [-0.05, 0) is 24.7 Å². The molecule has 3 rings (SSSR count). The lowest BCUT2D eigenvalue weighted by atomic mass is 9.82. The fraction of sp³-hybridized carbons (Fsp3) is 1.00. The average Bonchev–Trinajstić information content (AvgIpc) is 2.42. The first-order chi connectivity index (χ1) is 3.36. The summed E-state index contributed by atoms with van der Waals surface area (Å²) in [4.78, 5) is 0. The smallest absolute Gasteiger partial charge is 0.0605 e. The van der Waals surface area contributed by atoms with Crippen LogP contribution in [0.5, 0.6) is 0 Å². The second-order valence-electron chi connectivity index (χ2n) is 3.28. The van der Waals surface area contributed by atoms with Crippen molar-refractivity contribution in [2.45, 2.75) is 18.9 Å². The van der Waals surface area contributed by atoms with Crippen LogP contribution in [0.3, 0.4) is 0 Å². The molecule has 3 saturated carbocycles. The van der Waals surface area contributed by atoms with Crippen LogP contribution in [0.15, 0.2) is 0 Å². The van der Waals surface area contributed by atoms with Gasteiger partial charge in [-0.25, -0.2) is 0 Å². The van der Waals surface area contributed by atoms with E-state index in [0.29, 0.717) is 5.41 Å². The quantitative estimate of drug-likeness (QED) is 0.462. The van der Waals surface area contributed by atoms with Gasteiger partial charge in [0.05, 0.1) is 6.10 Å². The van der Waals surface area contributed by atoms with Gasteiger partial charge in [0.25, 0.3) is 0 Å². The van der Waals surface area contributed by atoms with Crippen LogP contribution in [-0.2, 0) is 0 Å². The van der Waals surface area contributed by atoms with Gasteiger partial charge in [0.2, 0.25) is 0 Å². The van der Waals surface area contributed by atoms with E-state index in [-0.39, 0.29) is 6.10 Å². The van der Waals surface area contributed by atoms with Crippen molar-refractivity contribution in [3.05, 3.63) is 0 Å². The Bertz CT molecular complexity index is 137. The summed E-state index contributed by atoms with van der Waals surface area (Å²) in [7, 11) is 0. The number of rotatable bonds is 0. The monoisotopic (exact) mass is 96.1 g/mol. The highest BCUT2D eigenvalue weighted by Crippen LogP contribution is 2.89. The van der Waals surface area contributed by atoms with Gasteiger partial charge in [0, 0.05) is 5.41 Å². The van der Waals surface area contributed by atoms with E-state index in [1.54, 1.807) is 0 Å². The molecule has 0 aromatic heterocycles. The number of aliphatic hydroxyl groups excluding tert-OH is 1. The number of aliphatic hydroxyl groups is 1. The second-order valence-corrected chi connectivity index (χ2v) is 3.28. The fourth-order valence-corrected chi connectivity index (χ4v) is 2.40. The van der Waals surface area contributed by atoms with Crippen molar-refractivity contribution in [1.29, 1.82) is 0 Å². The Kier molecular flexibility index (Phi) is 0.224. The summed E-state index contributed by atoms with van der Waals surface area (Å²) in [5.74, 6) is 2.00. The zero-order valence-corrected chi connectivity index (χ0v) is 4.09. The topological polar surface area (TPSA) is 20.2 Å². The van der Waals surface area contributed by atoms with Gasteiger partial charge in [-0.15, -0.1) is 0 Å². The summed E-state index contributed by atoms with van der Waals surface area (Å²) >= 11 is 0. The highest BCUT2D eigenvalue weighted by atomic mass is 16.3. The SMILES string of the molecule is OC1CC2C3CC123. The molecule has 0 radical (unpaired) electrons. The first-order valence-corrected chi connectivity index (χ1v) is 3.04. The second kappa shape index (κ2) is 0.510. The van der Waals surface area contributed by atoms with E-state index in [9.17, 15) is 0 Å². The van der Waals surface area contributed by atoms with Crippen molar-refractivity contribution in [3.8, 4) is 0 Å². The maximum absolute atomic E-state index is 9.06. The molecule has 7 heavy (non-hydrogen) atoms. The minimum atomic E-state index is 0.127. The lowest BCUT2D eigenvalue weighted by Gasteiger charge is -2.28. The molecule has 1 N–H and O–H groups in total. The third-order valence-corrected chi connectivity index (χ3v) is 3.27. The molecule has 38 valence electrons. The molecule has 4 unspecified atom stereocenters. The molecule has 1 nitrogen and oxygen atoms in total. The average molecular weight is 96.1 g/mol. The molecule has 3 aliphatic carbocycles. The summed E-state index contributed by atoms with van der Waals surface area (Å²) in [6.07, 6.45) is 2.62. The molecule has 1 spiro atoms. The van der Waals surface area contributed by atoms with E-state index < -0.39 is 0 Å². The van der Waals surface area contributed by atoms with Crippen LogP contribution in [0.2, 0.25) is 0 Å². The number of hydrogen-bond acceptors (Lipinski definition) is 1. The van der Waals surface area contributed by atoms with E-state index in [4.69, 9.17) is 5.11 Å². The van der Waals surface area contributed by atoms with Crippen molar-refractivity contribution in [1.82, 2.24) is 0 Å². The van der Waals surface area contributed by atoms with Gasteiger partial charge < -0.3 is 5.11 Å². The molecule has 3 aliphatic rings. The Morgan fingerprint density at radius 1 is 1.43 bits per heavy atom. The molecule has 1 heteroatoms. The Morgan fingerprint density at radius 3 is 2.29 bits per heavy atom. The molecule has 0 bridgehead atoms. The standard InChI is InChI=1S/C6H8O/c7-5-1-3-4-2-6(3,4)5/h3-5,7H,1-2H2. The van der Waals surface area contributed by atoms with Crippen LogP contribution in [-0.4, -0.2) is 11.2 Å². The molecule has 0 aromatic carbocycles. The van der Waals surface area contributed by atoms with Crippen molar-refractivity contribution in [3.63, 3.8) is 0 Å². The maximum atomic E-state index is 9.06. The number of hydrogen-bond donors (Lipinski definition) is 1. The van der Waals surface area contributed by atoms with Crippen LogP contribution in [0.25, 0.3) is 0 Å². The third-order valence-electron chi connectivity index (χ3n) is 3.27. The van der Waals surface area contributed by atoms with Gasteiger partial charge >= 0.3 is 0 Å². The van der Waals surface area contributed by atoms with Crippen LogP contribution in [0.4, 0.5) is 0 Å². The molecule has 0 aromatic rings. The van der Waals surface area contributed by atoms with Gasteiger partial charge in [-0.1, -0.05) is 0 Å². The zero-order valence-electron chi connectivity index (χ0n) is 4.09. The summed E-state index contributed by atoms with van der Waals surface area (Å²) in [6, 6.07) is 0. The van der Waals surface area contributed by atoms with Gasteiger partial charge in [0.15, 0.2) is 0 Å². The maximum Gasteiger partial charge on any atom is 0.0605 e. The van der Waals surface area contributed by atoms with Crippen LogP contribution in [0, 0.1) is 17.3 Å². The molecule has 3 fully saturated rings. The first kappa shape index (κ1) is 3.08. The molecule has 0 aliphatic heterocycles. The normalized spacial score (nSPS) is 81.0. The predicted octanol–water partition coefficient (Wildman–Crippen LogP) is 0.387. The van der Waals surface area contributed by atoms with Gasteiger partial charge in [-0.3, -0.25) is 0 Å². The van der Waals surface area contributed by atoms with E-state index >= 15 is 0 Å². The van der Waals surface area contributed by atoms with Crippen molar-refractivity contribution in [2.24, 2.45) is 17.3 Å². The molecular formula is C6H8O. The van der Waals surface area contributed by atoms with Crippen LogP contribution >= 0.6 is 0 Å². The zero-order chi connectivity index (χ0) is 4.65. The Labute approximate surface area is 42.3 Å². The van der Waals surface area contributed by atoms with E-state index in [2.05, 4.69) is 0 Å². The molecular weight excluding hydrogens is 88.1 g/mol. The molecule has 0 amide bonds. The van der Waals surface area contributed by atoms with E-state index in [0.717, 1.165) is 18.3 Å². The van der Waals surface area contributed by atoms with Gasteiger partial charge in [-0.2, -0.15) is 0 Å². The van der Waals surface area contributed by atoms with E-state index in [1.165, 1.54) is 6.42 Å². The summed E-state index contributed by atoms with van der Waals surface area (Å²) in [5, 5.41) is 9.06. The number of fused-ring (bicyclic) bond motifs is 1. The van der Waals surface area contributed by atoms with Crippen LogP contribution in [0.1, 0.15) is 12.8 Å². The summed E-state index contributed by atoms with van der Waals surface area (Å²) in [6.45, 7) is 0. The lowest BCUT2D eigenvalue weighted by molar-refractivity contribution is 0.0262. The molecule has 4 atom stereocenters. The Morgan fingerprint density at radius 2 is 2.29 bits per heavy atom. The fourth-order valence-electron chi connectivity index (χ4n) is 2.40. The predicted molar refractivity (Wildman–Crippen MR) is 24.7 cm³/mol. The first-order valence-electron chi connectivity index (χ1n) is 3.04. The van der Waals surface area contributed by atoms with Gasteiger partial charge in [0.1, 0.15) is 0 Å². The third kappa shape index (κ3) is 0.129. The Balaban J connectivity index is 2.07. The summed E-state index contributed by atoms with van der Waals surface area (Å²) < 4.78 is 0. The van der Waals surface area contributed by atoms with Crippen molar-refractivity contribution < 1.29 is 5.11 Å². The highest BCUT2D eigenvalue weighted by molar-refractivity contribution is 5.35. The minimum absolute atomic E-state index is 0.127. The minimum Gasteiger partial charge on any atom is -0.393 e. The Hall–Kier alpha value is -0.0400. The van der Waals surface area contributed by atoms with E-state index in [1.807, 2.05) is 0 Å². The highest BCUT2D eigenvalue weighted by Gasteiger charge is 2.87. The largest absolute Gasteiger partial charge is 0.393 e. The lowest BCUT2D eigenvalue weighted by Crippen LogP contribution is -2.30. The molecule has 0 saturated heterocycles. The molecule has 0 heterocycles. The van der Waals surface area contributed by atoms with Crippen molar-refractivity contribution >= 4 is 0 Å². The summed E-state index contributed by atoms with van der Waals surface area (Å²) in [5.41, 5.74) is 0.569. The van der Waals surface area contributed by atoms with Crippen molar-refractivity contribution in [2.75, 3.05) is 0 Å². The van der Waals surface area contributed by atoms with Crippen LogP contribution < -0.4 is 0 Å².